The van der Waals surface area contributed by atoms with E-state index in [1.165, 1.54) is 24.3 Å². The Morgan fingerprint density at radius 3 is 2.13 bits per heavy atom. The Kier molecular flexibility index (Phi) is 2.00. The number of nitrogens with one attached hydrogen (secondary N) is 1. The predicted octanol–water partition coefficient (Wildman–Crippen LogP) is -0.299. The lowest BCUT2D eigenvalue weighted by atomic mass is 9.96. The van der Waals surface area contributed by atoms with Crippen LogP contribution in [-0.2, 0) is 14.4 Å². The van der Waals surface area contributed by atoms with Gasteiger partial charge in [0.1, 0.15) is 11.7 Å². The summed E-state index contributed by atoms with van der Waals surface area (Å²) in [6.45, 7) is 0. The normalized spacial score (nSPS) is 20.5. The van der Waals surface area contributed by atoms with Gasteiger partial charge in [-0.25, -0.2) is 0 Å². The van der Waals surface area contributed by atoms with Gasteiger partial charge in [0.2, 0.25) is 11.7 Å². The van der Waals surface area contributed by atoms with Gasteiger partial charge >= 0.3 is 0 Å². The highest BCUT2D eigenvalue weighted by Gasteiger charge is 2.40. The molecule has 1 aromatic rings. The van der Waals surface area contributed by atoms with E-state index in [1.807, 2.05) is 5.32 Å². The van der Waals surface area contributed by atoms with Gasteiger partial charge in [-0.2, -0.15) is 0 Å². The van der Waals surface area contributed by atoms with Gasteiger partial charge < -0.3 is 5.11 Å². The number of benzene rings is 1. The summed E-state index contributed by atoms with van der Waals surface area (Å²) in [7, 11) is 0. The fraction of sp³-hybridized carbons (Fsp3) is 0.100. The van der Waals surface area contributed by atoms with Gasteiger partial charge in [-0.05, 0) is 17.7 Å². The Hall–Kier alpha value is -2.17. The standard InChI is InChI=1S/C10H7NO4/c12-6-3-1-5(2-4-6)7-8(13)10(15)11-9(7)14/h1-4,7,12H,(H,11,14,15). The zero-order valence-corrected chi connectivity index (χ0v) is 7.56. The van der Waals surface area contributed by atoms with E-state index < -0.39 is 23.5 Å². The van der Waals surface area contributed by atoms with Crippen LogP contribution in [0.2, 0.25) is 0 Å². The van der Waals surface area contributed by atoms with Crippen LogP contribution in [0.1, 0.15) is 11.5 Å². The third-order valence-electron chi connectivity index (χ3n) is 2.21. The first-order valence-electron chi connectivity index (χ1n) is 4.27. The lowest BCUT2D eigenvalue weighted by Crippen LogP contribution is -2.22. The van der Waals surface area contributed by atoms with E-state index in [2.05, 4.69) is 0 Å². The number of phenols is 1. The average molecular weight is 205 g/mol. The highest BCUT2D eigenvalue weighted by molar-refractivity contribution is 6.50. The van der Waals surface area contributed by atoms with E-state index >= 15 is 0 Å². The fourth-order valence-corrected chi connectivity index (χ4v) is 1.47. The van der Waals surface area contributed by atoms with Crippen molar-refractivity contribution in [2.24, 2.45) is 0 Å². The molecule has 0 aliphatic carbocycles. The van der Waals surface area contributed by atoms with E-state index in [0.717, 1.165) is 0 Å². The molecule has 0 aromatic heterocycles. The fourth-order valence-electron chi connectivity index (χ4n) is 1.47. The molecule has 2 rings (SSSR count). The molecule has 1 atom stereocenters. The van der Waals surface area contributed by atoms with Crippen molar-refractivity contribution in [3.05, 3.63) is 29.8 Å². The molecule has 0 radical (unpaired) electrons. The molecular weight excluding hydrogens is 198 g/mol. The Labute approximate surface area is 84.7 Å². The predicted molar refractivity (Wildman–Crippen MR) is 49.0 cm³/mol. The van der Waals surface area contributed by atoms with Crippen molar-refractivity contribution in [2.75, 3.05) is 0 Å². The van der Waals surface area contributed by atoms with Gasteiger partial charge in [0.25, 0.3) is 5.91 Å². The molecule has 15 heavy (non-hydrogen) atoms. The molecule has 5 nitrogen and oxygen atoms in total. The summed E-state index contributed by atoms with van der Waals surface area (Å²) in [6.07, 6.45) is 0. The van der Waals surface area contributed by atoms with Crippen LogP contribution in [0.15, 0.2) is 24.3 Å². The van der Waals surface area contributed by atoms with Crippen LogP contribution in [-0.4, -0.2) is 22.7 Å². The molecule has 1 aliphatic rings. The van der Waals surface area contributed by atoms with Crippen LogP contribution in [0.4, 0.5) is 0 Å². The number of amides is 2. The van der Waals surface area contributed by atoms with E-state index in [-0.39, 0.29) is 5.75 Å². The second-order valence-corrected chi connectivity index (χ2v) is 3.21. The van der Waals surface area contributed by atoms with Gasteiger partial charge in [0.05, 0.1) is 0 Å². The highest BCUT2D eigenvalue weighted by Crippen LogP contribution is 2.23. The highest BCUT2D eigenvalue weighted by atomic mass is 16.3. The van der Waals surface area contributed by atoms with E-state index in [0.29, 0.717) is 5.56 Å². The van der Waals surface area contributed by atoms with Crippen LogP contribution >= 0.6 is 0 Å². The average Bonchev–Trinajstić information content (AvgIpc) is 2.44. The second-order valence-electron chi connectivity index (χ2n) is 3.21. The van der Waals surface area contributed by atoms with Gasteiger partial charge in [0, 0.05) is 0 Å². The summed E-state index contributed by atoms with van der Waals surface area (Å²) in [6, 6.07) is 5.60. The molecule has 76 valence electrons. The minimum Gasteiger partial charge on any atom is -0.508 e. The monoisotopic (exact) mass is 205 g/mol. The Morgan fingerprint density at radius 2 is 1.67 bits per heavy atom. The van der Waals surface area contributed by atoms with Crippen molar-refractivity contribution in [1.82, 2.24) is 5.32 Å². The lowest BCUT2D eigenvalue weighted by Gasteiger charge is -2.04. The Morgan fingerprint density at radius 1 is 1.07 bits per heavy atom. The first-order chi connectivity index (χ1) is 7.09. The maximum absolute atomic E-state index is 11.3. The first-order valence-corrected chi connectivity index (χ1v) is 4.27. The lowest BCUT2D eigenvalue weighted by molar-refractivity contribution is -0.135. The first kappa shape index (κ1) is 9.39. The summed E-state index contributed by atoms with van der Waals surface area (Å²) >= 11 is 0. The van der Waals surface area contributed by atoms with Gasteiger partial charge in [0.15, 0.2) is 0 Å². The smallest absolute Gasteiger partial charge is 0.295 e. The van der Waals surface area contributed by atoms with Crippen LogP contribution in [0, 0.1) is 0 Å². The molecular formula is C10H7NO4. The topological polar surface area (TPSA) is 83.5 Å². The molecule has 2 N–H and O–H groups in total. The molecule has 5 heteroatoms. The molecule has 0 bridgehead atoms. The molecule has 0 saturated carbocycles. The number of aromatic hydroxyl groups is 1. The Balaban J connectivity index is 2.39. The quantitative estimate of drug-likeness (QED) is 0.374. The molecule has 1 aliphatic heterocycles. The third-order valence-corrected chi connectivity index (χ3v) is 2.21. The molecule has 1 fully saturated rings. The third kappa shape index (κ3) is 1.48. The van der Waals surface area contributed by atoms with Crippen molar-refractivity contribution >= 4 is 17.6 Å². The summed E-state index contributed by atoms with van der Waals surface area (Å²) in [5.74, 6) is -3.28. The van der Waals surface area contributed by atoms with Crippen LogP contribution < -0.4 is 5.32 Å². The largest absolute Gasteiger partial charge is 0.508 e. The van der Waals surface area contributed by atoms with Gasteiger partial charge in [-0.15, -0.1) is 0 Å². The zero-order chi connectivity index (χ0) is 11.0. The van der Waals surface area contributed by atoms with Crippen LogP contribution in [0.3, 0.4) is 0 Å². The second kappa shape index (κ2) is 3.20. The minimum atomic E-state index is -1.07. The Bertz CT molecular complexity index is 449. The van der Waals surface area contributed by atoms with E-state index in [1.54, 1.807) is 0 Å². The van der Waals surface area contributed by atoms with Crippen molar-refractivity contribution in [1.29, 1.82) is 0 Å². The van der Waals surface area contributed by atoms with E-state index in [9.17, 15) is 14.4 Å². The molecule has 0 spiro atoms. The number of rotatable bonds is 1. The summed E-state index contributed by atoms with van der Waals surface area (Å²) in [4.78, 5) is 33.5. The van der Waals surface area contributed by atoms with Gasteiger partial charge in [-0.1, -0.05) is 12.1 Å². The van der Waals surface area contributed by atoms with Crippen LogP contribution in [0.5, 0.6) is 5.75 Å². The number of carbonyl (C=O) groups excluding carboxylic acids is 3. The molecule has 1 aromatic carbocycles. The van der Waals surface area contributed by atoms with Gasteiger partial charge in [-0.3, -0.25) is 19.7 Å². The summed E-state index contributed by atoms with van der Waals surface area (Å²) < 4.78 is 0. The zero-order valence-electron chi connectivity index (χ0n) is 7.56. The SMILES string of the molecule is O=C1NC(=O)C(c2ccc(O)cc2)C1=O. The minimum absolute atomic E-state index is 0.0379. The van der Waals surface area contributed by atoms with Crippen molar-refractivity contribution < 1.29 is 19.5 Å². The summed E-state index contributed by atoms with van der Waals surface area (Å²) in [5, 5.41) is 11.0. The summed E-state index contributed by atoms with van der Waals surface area (Å²) in [5.41, 5.74) is 0.404. The number of Topliss-reactive ketones (excluding diaryl/α,β-unsaturated/α-hetero) is 1. The molecule has 1 heterocycles. The molecule has 1 saturated heterocycles. The van der Waals surface area contributed by atoms with E-state index in [4.69, 9.17) is 5.11 Å². The number of phenolic OH excluding ortho intramolecular Hbond substituents is 1. The maximum Gasteiger partial charge on any atom is 0.295 e. The molecule has 1 unspecified atom stereocenters. The molecule has 2 amide bonds. The van der Waals surface area contributed by atoms with Crippen LogP contribution in [0.25, 0.3) is 0 Å². The number of ketones is 1. The maximum atomic E-state index is 11.3. The number of hydrogen-bond donors (Lipinski definition) is 2. The number of imide groups is 1. The number of hydrogen-bond acceptors (Lipinski definition) is 4. The van der Waals surface area contributed by atoms with Crippen molar-refractivity contribution in [2.45, 2.75) is 5.92 Å². The number of carbonyl (C=O) groups is 3. The van der Waals surface area contributed by atoms with Crippen molar-refractivity contribution in [3.8, 4) is 5.75 Å². The van der Waals surface area contributed by atoms with Crippen molar-refractivity contribution in [3.63, 3.8) is 0 Å².